The van der Waals surface area contributed by atoms with Crippen LogP contribution in [0, 0.1) is 0 Å². The summed E-state index contributed by atoms with van der Waals surface area (Å²) in [6.07, 6.45) is 0.831. The summed E-state index contributed by atoms with van der Waals surface area (Å²) < 4.78 is 31.7. The van der Waals surface area contributed by atoms with E-state index in [9.17, 15) is 13.2 Å². The minimum Gasteiger partial charge on any atom is -0.494 e. The number of sulfonamides is 1. The standard InChI is InChI=1S/C20H23ClN2O4S/c1-3-27-18-11-7-16(8-12-18)22-19(24)20(2)13-4-14-23(28(20,25)26)17-9-5-15(21)6-10-17/h5-12H,3-4,13-14H2,1-2H3,(H,22,24). The molecule has 8 heteroatoms. The molecule has 150 valence electrons. The predicted molar refractivity (Wildman–Crippen MR) is 112 cm³/mol. The van der Waals surface area contributed by atoms with Crippen molar-refractivity contribution in [2.45, 2.75) is 31.4 Å². The van der Waals surface area contributed by atoms with E-state index < -0.39 is 20.7 Å². The van der Waals surface area contributed by atoms with Crippen molar-refractivity contribution in [2.24, 2.45) is 0 Å². The number of hydrogen-bond donors (Lipinski definition) is 1. The molecule has 0 bridgehead atoms. The van der Waals surface area contributed by atoms with Gasteiger partial charge in [0.15, 0.2) is 4.75 Å². The molecule has 0 saturated carbocycles. The van der Waals surface area contributed by atoms with E-state index in [-0.39, 0.29) is 6.42 Å². The Bertz CT molecular complexity index is 945. The third-order valence-corrected chi connectivity index (χ3v) is 7.65. The minimum atomic E-state index is -3.91. The Morgan fingerprint density at radius 3 is 2.43 bits per heavy atom. The van der Waals surface area contributed by atoms with Crippen molar-refractivity contribution in [1.29, 1.82) is 0 Å². The zero-order valence-electron chi connectivity index (χ0n) is 15.8. The third kappa shape index (κ3) is 3.82. The van der Waals surface area contributed by atoms with E-state index in [1.54, 1.807) is 48.5 Å². The fourth-order valence-electron chi connectivity index (χ4n) is 3.22. The fraction of sp³-hybridized carbons (Fsp3) is 0.350. The first-order chi connectivity index (χ1) is 13.3. The summed E-state index contributed by atoms with van der Waals surface area (Å²) in [5, 5.41) is 3.26. The summed E-state index contributed by atoms with van der Waals surface area (Å²) in [5.74, 6) is 0.140. The van der Waals surface area contributed by atoms with Crippen molar-refractivity contribution in [3.8, 4) is 5.75 Å². The number of carbonyl (C=O) groups is 1. The number of nitrogens with one attached hydrogen (secondary N) is 1. The van der Waals surface area contributed by atoms with E-state index in [4.69, 9.17) is 16.3 Å². The van der Waals surface area contributed by atoms with Gasteiger partial charge in [0.25, 0.3) is 0 Å². The monoisotopic (exact) mass is 422 g/mol. The van der Waals surface area contributed by atoms with Crippen LogP contribution in [0.1, 0.15) is 26.7 Å². The maximum Gasteiger partial charge on any atom is 0.249 e. The Balaban J connectivity index is 1.84. The fourth-order valence-corrected chi connectivity index (χ4v) is 5.29. The first-order valence-corrected chi connectivity index (χ1v) is 10.9. The summed E-state index contributed by atoms with van der Waals surface area (Å²) in [4.78, 5) is 13.0. The molecule has 1 aliphatic rings. The van der Waals surface area contributed by atoms with Crippen molar-refractivity contribution in [3.05, 3.63) is 53.6 Å². The highest BCUT2D eigenvalue weighted by atomic mass is 35.5. The van der Waals surface area contributed by atoms with Crippen LogP contribution in [0.5, 0.6) is 5.75 Å². The molecule has 1 heterocycles. The minimum absolute atomic E-state index is 0.252. The normalized spacial score (nSPS) is 21.2. The number of rotatable bonds is 5. The van der Waals surface area contributed by atoms with Crippen molar-refractivity contribution in [3.63, 3.8) is 0 Å². The zero-order valence-corrected chi connectivity index (χ0v) is 17.4. The van der Waals surface area contributed by atoms with Gasteiger partial charge in [-0.2, -0.15) is 0 Å². The molecule has 0 radical (unpaired) electrons. The van der Waals surface area contributed by atoms with Crippen molar-refractivity contribution >= 4 is 38.9 Å². The van der Waals surface area contributed by atoms with Gasteiger partial charge in [-0.1, -0.05) is 11.6 Å². The van der Waals surface area contributed by atoms with Crippen LogP contribution >= 0.6 is 11.6 Å². The lowest BCUT2D eigenvalue weighted by Gasteiger charge is -2.39. The first kappa shape index (κ1) is 20.5. The van der Waals surface area contributed by atoms with E-state index in [0.29, 0.717) is 41.7 Å². The largest absolute Gasteiger partial charge is 0.494 e. The van der Waals surface area contributed by atoms with Crippen LogP contribution < -0.4 is 14.4 Å². The Labute approximate surface area is 170 Å². The molecule has 0 aromatic heterocycles. The molecule has 0 spiro atoms. The summed E-state index contributed by atoms with van der Waals surface area (Å²) >= 11 is 5.91. The molecule has 3 rings (SSSR count). The number of carbonyl (C=O) groups excluding carboxylic acids is 1. The molecule has 1 N–H and O–H groups in total. The van der Waals surface area contributed by atoms with Crippen molar-refractivity contribution in [2.75, 3.05) is 22.8 Å². The summed E-state index contributed by atoms with van der Waals surface area (Å²) in [6.45, 7) is 4.24. The zero-order chi connectivity index (χ0) is 20.4. The van der Waals surface area contributed by atoms with Gasteiger partial charge in [-0.3, -0.25) is 9.10 Å². The lowest BCUT2D eigenvalue weighted by molar-refractivity contribution is -0.118. The van der Waals surface area contributed by atoms with Crippen LogP contribution in [0.3, 0.4) is 0 Å². The van der Waals surface area contributed by atoms with Gasteiger partial charge in [0.1, 0.15) is 5.75 Å². The number of benzene rings is 2. The van der Waals surface area contributed by atoms with E-state index >= 15 is 0 Å². The Kier molecular flexibility index (Phi) is 5.86. The van der Waals surface area contributed by atoms with Crippen LogP contribution in [-0.2, 0) is 14.8 Å². The molecule has 28 heavy (non-hydrogen) atoms. The highest BCUT2D eigenvalue weighted by Gasteiger charge is 2.51. The molecule has 1 amide bonds. The van der Waals surface area contributed by atoms with E-state index in [2.05, 4.69) is 5.32 Å². The van der Waals surface area contributed by atoms with Crippen LogP contribution in [0.15, 0.2) is 48.5 Å². The maximum absolute atomic E-state index is 13.3. The van der Waals surface area contributed by atoms with Gasteiger partial charge in [0.05, 0.1) is 12.3 Å². The number of anilines is 2. The quantitative estimate of drug-likeness (QED) is 0.788. The molecule has 1 saturated heterocycles. The molecule has 1 unspecified atom stereocenters. The number of hydrogen-bond acceptors (Lipinski definition) is 4. The van der Waals surface area contributed by atoms with Gasteiger partial charge in [-0.25, -0.2) is 8.42 Å². The highest BCUT2D eigenvalue weighted by molar-refractivity contribution is 7.95. The lowest BCUT2D eigenvalue weighted by Crippen LogP contribution is -2.57. The van der Waals surface area contributed by atoms with Crippen LogP contribution in [-0.4, -0.2) is 32.2 Å². The van der Waals surface area contributed by atoms with Gasteiger partial charge in [0, 0.05) is 17.3 Å². The summed E-state index contributed by atoms with van der Waals surface area (Å²) in [5.41, 5.74) is 1.03. The number of nitrogens with zero attached hydrogens (tertiary/aromatic N) is 1. The van der Waals surface area contributed by atoms with Crippen LogP contribution in [0.25, 0.3) is 0 Å². The van der Waals surface area contributed by atoms with Crippen molar-refractivity contribution in [1.82, 2.24) is 0 Å². The SMILES string of the molecule is CCOc1ccc(NC(=O)C2(C)CCCN(c3ccc(Cl)cc3)S2(=O)=O)cc1. The second kappa shape index (κ2) is 8.01. The molecule has 2 aromatic rings. The van der Waals surface area contributed by atoms with E-state index in [1.165, 1.54) is 11.2 Å². The molecule has 1 atom stereocenters. The molecule has 2 aromatic carbocycles. The Hall–Kier alpha value is -2.25. The highest BCUT2D eigenvalue weighted by Crippen LogP contribution is 2.36. The molecule has 1 aliphatic heterocycles. The average Bonchev–Trinajstić information content (AvgIpc) is 2.66. The maximum atomic E-state index is 13.3. The predicted octanol–water partition coefficient (Wildman–Crippen LogP) is 4.07. The molecule has 0 aliphatic carbocycles. The van der Waals surface area contributed by atoms with Crippen molar-refractivity contribution < 1.29 is 17.9 Å². The summed E-state index contributed by atoms with van der Waals surface area (Å²) in [7, 11) is -3.91. The van der Waals surface area contributed by atoms with Crippen LogP contribution in [0.2, 0.25) is 5.02 Å². The van der Waals surface area contributed by atoms with Gasteiger partial charge in [-0.15, -0.1) is 0 Å². The lowest BCUT2D eigenvalue weighted by atomic mass is 10.0. The second-order valence-corrected chi connectivity index (χ2v) is 9.53. The smallest absolute Gasteiger partial charge is 0.249 e. The molecular weight excluding hydrogens is 400 g/mol. The van der Waals surface area contributed by atoms with Gasteiger partial charge in [-0.05, 0) is 75.2 Å². The summed E-state index contributed by atoms with van der Waals surface area (Å²) in [6, 6.07) is 13.4. The Morgan fingerprint density at radius 1 is 1.18 bits per heavy atom. The molecular formula is C20H23ClN2O4S. The second-order valence-electron chi connectivity index (χ2n) is 6.80. The molecule has 1 fully saturated rings. The van der Waals surface area contributed by atoms with Crippen LogP contribution in [0.4, 0.5) is 11.4 Å². The number of ether oxygens (including phenoxy) is 1. The van der Waals surface area contributed by atoms with Gasteiger partial charge in [0.2, 0.25) is 15.9 Å². The van der Waals surface area contributed by atoms with E-state index in [0.717, 1.165) is 0 Å². The topological polar surface area (TPSA) is 75.7 Å². The average molecular weight is 423 g/mol. The van der Waals surface area contributed by atoms with Gasteiger partial charge >= 0.3 is 0 Å². The molecule has 6 nitrogen and oxygen atoms in total. The third-order valence-electron chi connectivity index (χ3n) is 4.89. The Morgan fingerprint density at radius 2 is 1.82 bits per heavy atom. The van der Waals surface area contributed by atoms with Gasteiger partial charge < -0.3 is 10.1 Å². The number of halogens is 1. The number of amides is 1. The van der Waals surface area contributed by atoms with E-state index in [1.807, 2.05) is 6.92 Å². The first-order valence-electron chi connectivity index (χ1n) is 9.10.